The molecule has 0 saturated carbocycles. The summed E-state index contributed by atoms with van der Waals surface area (Å²) in [5.41, 5.74) is 0. The summed E-state index contributed by atoms with van der Waals surface area (Å²) < 4.78 is 11.8. The Balaban J connectivity index is 3.82. The highest BCUT2D eigenvalue weighted by Crippen LogP contribution is 1.99. The summed E-state index contributed by atoms with van der Waals surface area (Å²) in [6, 6.07) is 0. The molecule has 0 unspecified atom stereocenters. The van der Waals surface area contributed by atoms with Crippen molar-refractivity contribution < 1.29 is 4.39 Å². The second-order valence-corrected chi connectivity index (χ2v) is 1.33. The first kappa shape index (κ1) is 6.63. The lowest BCUT2D eigenvalue weighted by atomic mass is 10.5. The van der Waals surface area contributed by atoms with Gasteiger partial charge in [0.1, 0.15) is 0 Å². The van der Waals surface area contributed by atoms with Gasteiger partial charge in [-0.3, -0.25) is 5.41 Å². The van der Waals surface area contributed by atoms with Gasteiger partial charge in [-0.15, -0.1) is 0 Å². The van der Waals surface area contributed by atoms with Crippen LogP contribution in [0.2, 0.25) is 0 Å². The van der Waals surface area contributed by atoms with Crippen molar-refractivity contribution in [3.05, 3.63) is 11.9 Å². The lowest BCUT2D eigenvalue weighted by Crippen LogP contribution is -1.80. The van der Waals surface area contributed by atoms with Crippen LogP contribution in [0.3, 0.4) is 0 Å². The van der Waals surface area contributed by atoms with Gasteiger partial charge < -0.3 is 0 Å². The van der Waals surface area contributed by atoms with Crippen molar-refractivity contribution in [2.24, 2.45) is 0 Å². The highest BCUT2D eigenvalue weighted by atomic mass is 35.5. The predicted molar refractivity (Wildman–Crippen MR) is 28.4 cm³/mol. The van der Waals surface area contributed by atoms with Crippen molar-refractivity contribution in [3.63, 3.8) is 0 Å². The topological polar surface area (TPSA) is 23.9 Å². The smallest absolute Gasteiger partial charge is 0.156 e. The quantitative estimate of drug-likeness (QED) is 0.514. The van der Waals surface area contributed by atoms with Crippen molar-refractivity contribution in [1.82, 2.24) is 0 Å². The van der Waals surface area contributed by atoms with E-state index < -0.39 is 11.0 Å². The van der Waals surface area contributed by atoms with E-state index >= 15 is 0 Å². The number of hydrogen-bond donors (Lipinski definition) is 1. The normalized spacial score (nSPS) is 11.6. The van der Waals surface area contributed by atoms with Gasteiger partial charge in [-0.2, -0.15) is 0 Å². The van der Waals surface area contributed by atoms with Crippen molar-refractivity contribution in [2.45, 2.75) is 6.92 Å². The minimum Gasteiger partial charge on any atom is -0.287 e. The highest BCUT2D eigenvalue weighted by molar-refractivity contribution is 6.68. The minimum atomic E-state index is -0.679. The van der Waals surface area contributed by atoms with E-state index in [1.165, 1.54) is 6.92 Å². The third-order valence-electron chi connectivity index (χ3n) is 0.463. The lowest BCUT2D eigenvalue weighted by Gasteiger charge is -1.81. The van der Waals surface area contributed by atoms with E-state index in [0.29, 0.717) is 0 Å². The number of nitrogens with one attached hydrogen (secondary N) is 1. The fourth-order valence-electron chi connectivity index (χ4n) is 0.127. The number of halogens is 2. The first-order valence-corrected chi connectivity index (χ1v) is 2.12. The molecular weight excluding hydrogens is 117 g/mol. The van der Waals surface area contributed by atoms with Crippen molar-refractivity contribution in [3.8, 4) is 0 Å². The lowest BCUT2D eigenvalue weighted by molar-refractivity contribution is 0.681. The molecule has 0 rings (SSSR count). The van der Waals surface area contributed by atoms with Crippen LogP contribution in [-0.4, -0.2) is 5.17 Å². The molecule has 0 aromatic heterocycles. The maximum absolute atomic E-state index is 11.8. The fraction of sp³-hybridized carbons (Fsp3) is 0.250. The molecule has 0 saturated heterocycles. The van der Waals surface area contributed by atoms with Crippen molar-refractivity contribution in [2.75, 3.05) is 0 Å². The van der Waals surface area contributed by atoms with Crippen LogP contribution in [-0.2, 0) is 0 Å². The van der Waals surface area contributed by atoms with Crippen molar-refractivity contribution in [1.29, 1.82) is 5.41 Å². The predicted octanol–water partition coefficient (Wildman–Crippen LogP) is 2.08. The number of allylic oxidation sites excluding steroid dienone is 2. The molecule has 0 aliphatic rings. The maximum atomic E-state index is 11.8. The van der Waals surface area contributed by atoms with Crippen LogP contribution in [0.4, 0.5) is 4.39 Å². The third kappa shape index (κ3) is 2.34. The van der Waals surface area contributed by atoms with E-state index in [4.69, 9.17) is 17.0 Å². The Bertz CT molecular complexity index is 108. The van der Waals surface area contributed by atoms with Crippen LogP contribution in [0.15, 0.2) is 11.9 Å². The van der Waals surface area contributed by atoms with Gasteiger partial charge in [-0.05, 0) is 13.0 Å². The highest BCUT2D eigenvalue weighted by Gasteiger charge is 1.93. The molecule has 1 N–H and O–H groups in total. The Hall–Kier alpha value is -0.370. The van der Waals surface area contributed by atoms with E-state index in [-0.39, 0.29) is 0 Å². The third-order valence-corrected chi connectivity index (χ3v) is 0.644. The summed E-state index contributed by atoms with van der Waals surface area (Å²) in [7, 11) is 0. The van der Waals surface area contributed by atoms with E-state index in [1.807, 2.05) is 0 Å². The summed E-state index contributed by atoms with van der Waals surface area (Å²) in [6.07, 6.45) is 1.13. The van der Waals surface area contributed by atoms with Crippen molar-refractivity contribution >= 4 is 16.8 Å². The molecule has 0 bridgehead atoms. The zero-order valence-corrected chi connectivity index (χ0v) is 4.59. The monoisotopic (exact) mass is 121 g/mol. The molecule has 0 aromatic rings. The average molecular weight is 122 g/mol. The first-order valence-electron chi connectivity index (χ1n) is 1.74. The largest absolute Gasteiger partial charge is 0.287 e. The number of hydrogen-bond acceptors (Lipinski definition) is 1. The summed E-state index contributed by atoms with van der Waals surface area (Å²) >= 11 is 4.87. The summed E-state index contributed by atoms with van der Waals surface area (Å²) in [5, 5.41) is 5.88. The molecule has 0 amide bonds. The molecular formula is C4H5ClFN. The van der Waals surface area contributed by atoms with Gasteiger partial charge in [0.2, 0.25) is 0 Å². The Kier molecular flexibility index (Phi) is 2.60. The Morgan fingerprint density at radius 3 is 2.29 bits per heavy atom. The molecule has 40 valence electrons. The zero-order chi connectivity index (χ0) is 5.86. The van der Waals surface area contributed by atoms with Crippen LogP contribution in [0.5, 0.6) is 0 Å². The average Bonchev–Trinajstić information content (AvgIpc) is 1.65. The fourth-order valence-corrected chi connectivity index (χ4v) is 0.236. The van der Waals surface area contributed by atoms with Crippen LogP contribution >= 0.6 is 11.6 Å². The molecule has 3 heteroatoms. The Morgan fingerprint density at radius 2 is 2.29 bits per heavy atom. The Labute approximate surface area is 46.3 Å². The Morgan fingerprint density at radius 1 is 1.86 bits per heavy atom. The van der Waals surface area contributed by atoms with Gasteiger partial charge in [0.05, 0.1) is 0 Å². The molecule has 0 atom stereocenters. The molecule has 0 radical (unpaired) electrons. The van der Waals surface area contributed by atoms with Crippen LogP contribution in [0.25, 0.3) is 0 Å². The molecule has 1 nitrogen and oxygen atoms in total. The van der Waals surface area contributed by atoms with Crippen LogP contribution < -0.4 is 0 Å². The summed E-state index contributed by atoms with van der Waals surface area (Å²) in [6.45, 7) is 1.48. The second kappa shape index (κ2) is 2.75. The summed E-state index contributed by atoms with van der Waals surface area (Å²) in [5.74, 6) is -0.679. The first-order chi connectivity index (χ1) is 3.18. The van der Waals surface area contributed by atoms with Gasteiger partial charge in [0.25, 0.3) is 0 Å². The van der Waals surface area contributed by atoms with Gasteiger partial charge in [-0.25, -0.2) is 4.39 Å². The van der Waals surface area contributed by atoms with E-state index in [0.717, 1.165) is 6.08 Å². The molecule has 0 heterocycles. The van der Waals surface area contributed by atoms with Crippen LogP contribution in [0.1, 0.15) is 6.92 Å². The standard InChI is InChI=1S/C4H5ClFN/c1-2-3(6)4(5)7/h2,7H,1H3. The SMILES string of the molecule is CC=C(F)C(=N)Cl. The molecule has 0 aromatic carbocycles. The van der Waals surface area contributed by atoms with E-state index in [9.17, 15) is 4.39 Å². The molecule has 0 spiro atoms. The van der Waals surface area contributed by atoms with Gasteiger partial charge in [-0.1, -0.05) is 11.6 Å². The van der Waals surface area contributed by atoms with E-state index in [1.54, 1.807) is 0 Å². The summed E-state index contributed by atoms with van der Waals surface area (Å²) in [4.78, 5) is 0. The van der Waals surface area contributed by atoms with Gasteiger partial charge in [0, 0.05) is 0 Å². The minimum absolute atomic E-state index is 0.539. The molecule has 0 fully saturated rings. The maximum Gasteiger partial charge on any atom is 0.156 e. The molecule has 0 aliphatic heterocycles. The van der Waals surface area contributed by atoms with Crippen LogP contribution in [0, 0.1) is 5.41 Å². The van der Waals surface area contributed by atoms with Gasteiger partial charge >= 0.3 is 0 Å². The number of rotatable bonds is 1. The van der Waals surface area contributed by atoms with Gasteiger partial charge in [0.15, 0.2) is 11.0 Å². The molecule has 7 heavy (non-hydrogen) atoms. The zero-order valence-electron chi connectivity index (χ0n) is 3.83. The second-order valence-electron chi connectivity index (χ2n) is 0.951. The molecule has 0 aliphatic carbocycles. The van der Waals surface area contributed by atoms with E-state index in [2.05, 4.69) is 0 Å².